The molecule has 0 radical (unpaired) electrons. The minimum Gasteiger partial charge on any atom is -0.480 e. The molecule has 7 nitrogen and oxygen atoms in total. The van der Waals surface area contributed by atoms with E-state index in [-0.39, 0.29) is 23.8 Å². The zero-order valence-corrected chi connectivity index (χ0v) is 19.5. The average Bonchev–Trinajstić information content (AvgIpc) is 3.35. The van der Waals surface area contributed by atoms with Crippen molar-refractivity contribution >= 4 is 29.7 Å². The lowest BCUT2D eigenvalue weighted by atomic mass is 9.98. The first kappa shape index (κ1) is 23.2. The number of nitrogens with zero attached hydrogens (tertiary/aromatic N) is 1. The van der Waals surface area contributed by atoms with Crippen LogP contribution in [0.5, 0.6) is 0 Å². The van der Waals surface area contributed by atoms with Crippen LogP contribution in [0.15, 0.2) is 48.5 Å². The van der Waals surface area contributed by atoms with Crippen molar-refractivity contribution in [3.8, 4) is 11.1 Å². The fourth-order valence-electron chi connectivity index (χ4n) is 4.68. The summed E-state index contributed by atoms with van der Waals surface area (Å²) in [5.41, 5.74) is 4.50. The van der Waals surface area contributed by atoms with Crippen molar-refractivity contribution in [3.63, 3.8) is 0 Å². The number of thioether (sulfide) groups is 1. The Morgan fingerprint density at radius 1 is 1.12 bits per heavy atom. The van der Waals surface area contributed by atoms with Crippen LogP contribution >= 0.6 is 11.8 Å². The van der Waals surface area contributed by atoms with E-state index in [1.54, 1.807) is 0 Å². The van der Waals surface area contributed by atoms with Crippen molar-refractivity contribution in [2.45, 2.75) is 50.1 Å². The van der Waals surface area contributed by atoms with Gasteiger partial charge in [0.15, 0.2) is 0 Å². The molecule has 0 spiro atoms. The Labute approximate surface area is 197 Å². The van der Waals surface area contributed by atoms with Crippen molar-refractivity contribution in [1.29, 1.82) is 0 Å². The molecule has 2 aliphatic rings. The number of carboxylic acid groups (broad SMARTS) is 1. The van der Waals surface area contributed by atoms with Crippen molar-refractivity contribution in [2.24, 2.45) is 0 Å². The molecular weight excluding hydrogens is 440 g/mol. The molecular formula is C25H28N2O5S. The monoisotopic (exact) mass is 468 g/mol. The van der Waals surface area contributed by atoms with Gasteiger partial charge in [-0.25, -0.2) is 9.59 Å². The maximum Gasteiger partial charge on any atom is 0.407 e. The third kappa shape index (κ3) is 4.57. The molecule has 2 amide bonds. The molecule has 2 aromatic rings. The van der Waals surface area contributed by atoms with Gasteiger partial charge in [-0.3, -0.25) is 4.79 Å². The molecule has 1 aliphatic carbocycles. The number of rotatable bonds is 7. The highest BCUT2D eigenvalue weighted by Crippen LogP contribution is 2.44. The first-order chi connectivity index (χ1) is 15.9. The van der Waals surface area contributed by atoms with E-state index in [0.29, 0.717) is 18.6 Å². The zero-order valence-electron chi connectivity index (χ0n) is 18.7. The van der Waals surface area contributed by atoms with Crippen molar-refractivity contribution in [2.75, 3.05) is 12.4 Å². The number of hydrogen-bond acceptors (Lipinski definition) is 5. The summed E-state index contributed by atoms with van der Waals surface area (Å²) in [6, 6.07) is 14.4. The summed E-state index contributed by atoms with van der Waals surface area (Å²) in [5.74, 6) is -1.15. The number of hydrogen-bond donors (Lipinski definition) is 2. The van der Waals surface area contributed by atoms with Gasteiger partial charge < -0.3 is 20.1 Å². The normalized spacial score (nSPS) is 20.1. The second-order valence-corrected chi connectivity index (χ2v) is 9.69. The van der Waals surface area contributed by atoms with Crippen LogP contribution in [0.4, 0.5) is 4.79 Å². The number of benzene rings is 2. The lowest BCUT2D eigenvalue weighted by molar-refractivity contribution is -0.149. The van der Waals surface area contributed by atoms with Crippen LogP contribution in [0.3, 0.4) is 0 Å². The van der Waals surface area contributed by atoms with Gasteiger partial charge in [0.05, 0.1) is 5.37 Å². The molecule has 33 heavy (non-hydrogen) atoms. The van der Waals surface area contributed by atoms with Gasteiger partial charge in [-0.15, -0.1) is 11.8 Å². The largest absolute Gasteiger partial charge is 0.480 e. The Hall–Kier alpha value is -3.00. The van der Waals surface area contributed by atoms with E-state index >= 15 is 0 Å². The molecule has 2 N–H and O–H groups in total. The van der Waals surface area contributed by atoms with Crippen LogP contribution in [-0.4, -0.2) is 57.8 Å². The number of ether oxygens (including phenoxy) is 1. The topological polar surface area (TPSA) is 95.9 Å². The molecule has 174 valence electrons. The Morgan fingerprint density at radius 2 is 1.73 bits per heavy atom. The van der Waals surface area contributed by atoms with Crippen LogP contribution in [0.1, 0.15) is 43.7 Å². The smallest absolute Gasteiger partial charge is 0.407 e. The first-order valence-electron chi connectivity index (χ1n) is 11.2. The highest BCUT2D eigenvalue weighted by Gasteiger charge is 2.42. The quantitative estimate of drug-likeness (QED) is 0.636. The lowest BCUT2D eigenvalue weighted by Gasteiger charge is -2.29. The number of carboxylic acids is 1. The molecule has 2 unspecified atom stereocenters. The van der Waals surface area contributed by atoms with E-state index in [9.17, 15) is 19.5 Å². The Bertz CT molecular complexity index is 1010. The molecule has 8 heteroatoms. The van der Waals surface area contributed by atoms with E-state index < -0.39 is 24.1 Å². The van der Waals surface area contributed by atoms with Gasteiger partial charge in [-0.2, -0.15) is 0 Å². The molecule has 1 saturated heterocycles. The van der Waals surface area contributed by atoms with E-state index in [4.69, 9.17) is 4.74 Å². The predicted octanol–water partition coefficient (Wildman–Crippen LogP) is 4.07. The molecule has 1 heterocycles. The summed E-state index contributed by atoms with van der Waals surface area (Å²) in [6.07, 6.45) is 0.395. The van der Waals surface area contributed by atoms with E-state index in [0.717, 1.165) is 22.3 Å². The predicted molar refractivity (Wildman–Crippen MR) is 127 cm³/mol. The van der Waals surface area contributed by atoms with Crippen LogP contribution in [-0.2, 0) is 14.3 Å². The van der Waals surface area contributed by atoms with Crippen LogP contribution in [0, 0.1) is 0 Å². The summed E-state index contributed by atoms with van der Waals surface area (Å²) < 4.78 is 5.59. The third-order valence-electron chi connectivity index (χ3n) is 6.27. The van der Waals surface area contributed by atoms with Gasteiger partial charge in [-0.1, -0.05) is 61.9 Å². The number of fused-ring (bicyclic) bond motifs is 3. The maximum absolute atomic E-state index is 13.2. The highest BCUT2D eigenvalue weighted by molar-refractivity contribution is 8.00. The summed E-state index contributed by atoms with van der Waals surface area (Å²) in [4.78, 5) is 38.8. The van der Waals surface area contributed by atoms with E-state index in [1.807, 2.05) is 50.2 Å². The van der Waals surface area contributed by atoms with E-state index in [1.165, 1.54) is 16.7 Å². The van der Waals surface area contributed by atoms with Crippen molar-refractivity contribution < 1.29 is 24.2 Å². The first-order valence-corrected chi connectivity index (χ1v) is 12.2. The number of aliphatic carboxylic acids is 1. The Kier molecular flexibility index (Phi) is 6.93. The van der Waals surface area contributed by atoms with Gasteiger partial charge in [0, 0.05) is 11.7 Å². The highest BCUT2D eigenvalue weighted by atomic mass is 32.2. The number of carbonyl (C=O) groups excluding carboxylic acids is 2. The SMILES string of the molecule is CCC[C@@H](NC(=O)OCC1c2ccccc2-c2ccccc21)C(=O)N1C(C)SCC1C(=O)O. The number of carbonyl (C=O) groups is 3. The summed E-state index contributed by atoms with van der Waals surface area (Å²) >= 11 is 1.42. The second kappa shape index (κ2) is 9.87. The van der Waals surface area contributed by atoms with Gasteiger partial charge in [0.1, 0.15) is 18.7 Å². The molecule has 0 aromatic heterocycles. The zero-order chi connectivity index (χ0) is 23.5. The van der Waals surface area contributed by atoms with Gasteiger partial charge in [0.25, 0.3) is 0 Å². The number of alkyl carbamates (subject to hydrolysis) is 1. The minimum absolute atomic E-state index is 0.0742. The van der Waals surface area contributed by atoms with Crippen LogP contribution in [0.2, 0.25) is 0 Å². The molecule has 1 fully saturated rings. The number of amides is 2. The summed E-state index contributed by atoms with van der Waals surface area (Å²) in [6.45, 7) is 3.87. The fourth-order valence-corrected chi connectivity index (χ4v) is 5.85. The molecule has 2 aromatic carbocycles. The van der Waals surface area contributed by atoms with Crippen molar-refractivity contribution in [1.82, 2.24) is 10.2 Å². The fraction of sp³-hybridized carbons (Fsp3) is 0.400. The molecule has 4 rings (SSSR count). The molecule has 3 atom stereocenters. The lowest BCUT2D eigenvalue weighted by Crippen LogP contribution is -2.54. The number of nitrogens with one attached hydrogen (secondary N) is 1. The second-order valence-electron chi connectivity index (χ2n) is 8.34. The molecule has 0 saturated carbocycles. The van der Waals surface area contributed by atoms with Gasteiger partial charge >= 0.3 is 12.1 Å². The minimum atomic E-state index is -1.03. The van der Waals surface area contributed by atoms with E-state index in [2.05, 4.69) is 17.4 Å². The third-order valence-corrected chi connectivity index (χ3v) is 7.49. The Balaban J connectivity index is 1.44. The van der Waals surface area contributed by atoms with Gasteiger partial charge in [-0.05, 0) is 35.6 Å². The van der Waals surface area contributed by atoms with Crippen molar-refractivity contribution in [3.05, 3.63) is 59.7 Å². The average molecular weight is 469 g/mol. The molecule has 0 bridgehead atoms. The maximum atomic E-state index is 13.2. The van der Waals surface area contributed by atoms with Gasteiger partial charge in [0.2, 0.25) is 5.91 Å². The summed E-state index contributed by atoms with van der Waals surface area (Å²) in [7, 11) is 0. The van der Waals surface area contributed by atoms with Crippen LogP contribution in [0.25, 0.3) is 11.1 Å². The summed E-state index contributed by atoms with van der Waals surface area (Å²) in [5, 5.41) is 11.9. The standard InChI is InChI=1S/C25H28N2O5S/c1-3-8-21(23(28)27-15(2)33-14-22(27)24(29)30)26-25(31)32-13-20-18-11-6-4-9-16(18)17-10-5-7-12-19(17)20/h4-7,9-12,15,20-22H,3,8,13-14H2,1-2H3,(H,26,31)(H,29,30)/t15?,21-,22?/m1/s1. The molecule has 1 aliphatic heterocycles. The Morgan fingerprint density at radius 3 is 2.30 bits per heavy atom. The van der Waals surface area contributed by atoms with Crippen LogP contribution < -0.4 is 5.32 Å².